The predicted molar refractivity (Wildman–Crippen MR) is 107 cm³/mol. The molecule has 0 bridgehead atoms. The minimum Gasteiger partial charge on any atom is -0.433 e. The highest BCUT2D eigenvalue weighted by atomic mass is 32.2. The van der Waals surface area contributed by atoms with Crippen LogP contribution in [0.1, 0.15) is 20.8 Å². The number of primary sulfonamides is 1. The molecule has 0 radical (unpaired) electrons. The first-order valence-electron chi connectivity index (χ1n) is 8.92. The predicted octanol–water partition coefficient (Wildman–Crippen LogP) is 4.42. The van der Waals surface area contributed by atoms with E-state index in [0.717, 1.165) is 17.7 Å². The first-order valence-corrected chi connectivity index (χ1v) is 10.5. The smallest absolute Gasteiger partial charge is 0.387 e. The van der Waals surface area contributed by atoms with E-state index in [1.807, 2.05) is 13.8 Å². The number of benzene rings is 1. The van der Waals surface area contributed by atoms with Crippen molar-refractivity contribution in [3.63, 3.8) is 0 Å². The summed E-state index contributed by atoms with van der Waals surface area (Å²) >= 11 is 0. The maximum absolute atomic E-state index is 13.3. The standard InChI is InChI=1S/C20H25F3N2O3S/c1-5-14(29(24,26)27)8-6-12(2)18-15(20(18,3)4)11-25-16-9-7-13(21)10-17(16)28-19(22)23/h5-10,15,18-19,25H,2,11H2,1,3-4H3,(H2,24,26,27)/b8-6-,14-5+/t15-,18-/m1/s1. The fraction of sp³-hybridized carbons (Fsp3) is 0.400. The van der Waals surface area contributed by atoms with E-state index in [4.69, 9.17) is 5.14 Å². The highest BCUT2D eigenvalue weighted by Gasteiger charge is 2.57. The van der Waals surface area contributed by atoms with E-state index in [1.165, 1.54) is 18.2 Å². The van der Waals surface area contributed by atoms with Crippen LogP contribution in [0, 0.1) is 23.1 Å². The largest absolute Gasteiger partial charge is 0.433 e. The molecule has 5 nitrogen and oxygen atoms in total. The van der Waals surface area contributed by atoms with Gasteiger partial charge in [0.1, 0.15) is 5.82 Å². The monoisotopic (exact) mass is 430 g/mol. The summed E-state index contributed by atoms with van der Waals surface area (Å²) in [4.78, 5) is -0.00752. The molecule has 1 aliphatic carbocycles. The highest BCUT2D eigenvalue weighted by Crippen LogP contribution is 2.61. The zero-order chi connectivity index (χ0) is 22.0. The van der Waals surface area contributed by atoms with Gasteiger partial charge < -0.3 is 10.1 Å². The average molecular weight is 430 g/mol. The number of hydrogen-bond acceptors (Lipinski definition) is 4. The van der Waals surface area contributed by atoms with E-state index < -0.39 is 22.5 Å². The zero-order valence-corrected chi connectivity index (χ0v) is 17.3. The van der Waals surface area contributed by atoms with Crippen molar-refractivity contribution in [2.45, 2.75) is 27.4 Å². The summed E-state index contributed by atoms with van der Waals surface area (Å²) in [5, 5.41) is 8.17. The van der Waals surface area contributed by atoms with Gasteiger partial charge in [0.05, 0.1) is 10.6 Å². The van der Waals surface area contributed by atoms with Gasteiger partial charge >= 0.3 is 6.61 Å². The lowest BCUT2D eigenvalue weighted by Gasteiger charge is -2.13. The Bertz CT molecular complexity index is 940. The van der Waals surface area contributed by atoms with E-state index in [9.17, 15) is 21.6 Å². The Morgan fingerprint density at radius 3 is 2.59 bits per heavy atom. The van der Waals surface area contributed by atoms with Crippen molar-refractivity contribution in [2.75, 3.05) is 11.9 Å². The first kappa shape index (κ1) is 23.0. The Hall–Kier alpha value is -2.26. The van der Waals surface area contributed by atoms with Crippen LogP contribution in [0.4, 0.5) is 18.9 Å². The van der Waals surface area contributed by atoms with Crippen molar-refractivity contribution >= 4 is 15.7 Å². The summed E-state index contributed by atoms with van der Waals surface area (Å²) in [6.45, 7) is 7.01. The molecule has 29 heavy (non-hydrogen) atoms. The molecule has 9 heteroatoms. The van der Waals surface area contributed by atoms with Gasteiger partial charge in [-0.15, -0.1) is 0 Å². The second-order valence-electron chi connectivity index (χ2n) is 7.45. The molecular formula is C20H25F3N2O3S. The van der Waals surface area contributed by atoms with Crippen LogP contribution < -0.4 is 15.2 Å². The van der Waals surface area contributed by atoms with Crippen LogP contribution in [0.15, 0.2) is 53.5 Å². The molecule has 1 aromatic carbocycles. The molecule has 0 heterocycles. The first-order chi connectivity index (χ1) is 13.4. The van der Waals surface area contributed by atoms with E-state index in [-0.39, 0.29) is 33.6 Å². The molecule has 160 valence electrons. The fourth-order valence-corrected chi connectivity index (χ4v) is 4.15. The van der Waals surface area contributed by atoms with Gasteiger partial charge in [-0.25, -0.2) is 17.9 Å². The third-order valence-corrected chi connectivity index (χ3v) is 6.23. The Morgan fingerprint density at radius 1 is 1.38 bits per heavy atom. The summed E-state index contributed by atoms with van der Waals surface area (Å²) in [6, 6.07) is 3.40. The lowest BCUT2D eigenvalue weighted by atomic mass is 10.0. The Morgan fingerprint density at radius 2 is 2.03 bits per heavy atom. The highest BCUT2D eigenvalue weighted by molar-refractivity contribution is 7.93. The van der Waals surface area contributed by atoms with Crippen LogP contribution in [-0.4, -0.2) is 21.6 Å². The molecule has 0 unspecified atom stereocenters. The Labute approximate surface area is 169 Å². The van der Waals surface area contributed by atoms with Crippen molar-refractivity contribution in [1.29, 1.82) is 0 Å². The molecule has 2 rings (SSSR count). The van der Waals surface area contributed by atoms with E-state index in [0.29, 0.717) is 6.54 Å². The van der Waals surface area contributed by atoms with Gasteiger partial charge in [-0.1, -0.05) is 38.2 Å². The quantitative estimate of drug-likeness (QED) is 0.569. The fourth-order valence-electron chi connectivity index (χ4n) is 3.57. The van der Waals surface area contributed by atoms with Crippen LogP contribution in [0.3, 0.4) is 0 Å². The maximum Gasteiger partial charge on any atom is 0.387 e. The SMILES string of the molecule is C=C(/C=C\C(=C/C)S(N)(=O)=O)[C@@H]1[C@@H](CNc2ccc(F)cc2OC(F)F)C1(C)C. The minimum atomic E-state index is -3.81. The topological polar surface area (TPSA) is 81.4 Å². The molecule has 1 saturated carbocycles. The van der Waals surface area contributed by atoms with Gasteiger partial charge in [0, 0.05) is 12.6 Å². The van der Waals surface area contributed by atoms with Gasteiger partial charge in [-0.2, -0.15) is 8.78 Å². The maximum atomic E-state index is 13.3. The minimum absolute atomic E-state index is 0.00752. The number of nitrogens with two attached hydrogens (primary N) is 1. The summed E-state index contributed by atoms with van der Waals surface area (Å²) < 4.78 is 65.7. The normalized spacial score (nSPS) is 21.4. The van der Waals surface area contributed by atoms with Crippen molar-refractivity contribution in [2.24, 2.45) is 22.4 Å². The van der Waals surface area contributed by atoms with Gasteiger partial charge in [-0.3, -0.25) is 0 Å². The summed E-state index contributed by atoms with van der Waals surface area (Å²) in [6.07, 6.45) is 4.43. The van der Waals surface area contributed by atoms with Gasteiger partial charge in [-0.05, 0) is 42.4 Å². The number of rotatable bonds is 9. The van der Waals surface area contributed by atoms with Gasteiger partial charge in [0.15, 0.2) is 5.75 Å². The summed E-state index contributed by atoms with van der Waals surface area (Å²) in [5.74, 6) is -0.791. The molecule has 0 aliphatic heterocycles. The van der Waals surface area contributed by atoms with Crippen molar-refractivity contribution < 1.29 is 26.3 Å². The van der Waals surface area contributed by atoms with E-state index in [1.54, 1.807) is 13.0 Å². The number of halogens is 3. The number of anilines is 1. The second kappa shape index (κ2) is 8.62. The summed E-state index contributed by atoms with van der Waals surface area (Å²) in [7, 11) is -3.81. The number of ether oxygens (including phenoxy) is 1. The lowest BCUT2D eigenvalue weighted by molar-refractivity contribution is -0.0495. The molecule has 3 N–H and O–H groups in total. The van der Waals surface area contributed by atoms with Crippen LogP contribution in [0.2, 0.25) is 0 Å². The van der Waals surface area contributed by atoms with Crippen molar-refractivity contribution in [3.05, 3.63) is 59.3 Å². The number of alkyl halides is 2. The second-order valence-corrected chi connectivity index (χ2v) is 9.01. The molecule has 1 aliphatic rings. The molecule has 0 spiro atoms. The van der Waals surface area contributed by atoms with Crippen molar-refractivity contribution in [1.82, 2.24) is 0 Å². The van der Waals surface area contributed by atoms with Crippen molar-refractivity contribution in [3.8, 4) is 5.75 Å². The number of sulfonamides is 1. The lowest BCUT2D eigenvalue weighted by Crippen LogP contribution is -2.13. The molecule has 0 saturated heterocycles. The Balaban J connectivity index is 2.07. The average Bonchev–Trinajstić information content (AvgIpc) is 3.13. The van der Waals surface area contributed by atoms with E-state index in [2.05, 4.69) is 16.6 Å². The van der Waals surface area contributed by atoms with Crippen LogP contribution >= 0.6 is 0 Å². The zero-order valence-electron chi connectivity index (χ0n) is 16.5. The number of allylic oxidation sites excluding steroid dienone is 4. The molecule has 2 atom stereocenters. The van der Waals surface area contributed by atoms with Crippen LogP contribution in [-0.2, 0) is 10.0 Å². The third kappa shape index (κ3) is 5.63. The third-order valence-electron chi connectivity index (χ3n) is 5.20. The molecular weight excluding hydrogens is 405 g/mol. The number of hydrogen-bond donors (Lipinski definition) is 2. The van der Waals surface area contributed by atoms with Crippen LogP contribution in [0.25, 0.3) is 0 Å². The summed E-state index contributed by atoms with van der Waals surface area (Å²) in [5.41, 5.74) is 0.850. The Kier molecular flexibility index (Phi) is 6.85. The molecule has 1 fully saturated rings. The van der Waals surface area contributed by atoms with Gasteiger partial charge in [0.25, 0.3) is 0 Å². The number of nitrogens with one attached hydrogen (secondary N) is 1. The van der Waals surface area contributed by atoms with E-state index >= 15 is 0 Å². The molecule has 0 amide bonds. The molecule has 1 aromatic rings. The molecule has 0 aromatic heterocycles. The van der Waals surface area contributed by atoms with Crippen LogP contribution in [0.5, 0.6) is 5.75 Å². The van der Waals surface area contributed by atoms with Gasteiger partial charge in [0.2, 0.25) is 10.0 Å².